The number of rotatable bonds is 15. The van der Waals surface area contributed by atoms with E-state index in [1.165, 1.54) is 6.92 Å². The largest absolute Gasteiger partial charge is 0.480 e. The predicted molar refractivity (Wildman–Crippen MR) is 113 cm³/mol. The quantitative estimate of drug-likeness (QED) is 0.123. The van der Waals surface area contributed by atoms with E-state index in [4.69, 9.17) is 11.5 Å². The van der Waals surface area contributed by atoms with E-state index >= 15 is 0 Å². The van der Waals surface area contributed by atoms with Crippen molar-refractivity contribution in [3.8, 4) is 0 Å². The van der Waals surface area contributed by atoms with Gasteiger partial charge in [0.2, 0.25) is 17.7 Å². The fourth-order valence-corrected chi connectivity index (χ4v) is 2.65. The maximum atomic E-state index is 12.7. The Morgan fingerprint density at radius 1 is 0.935 bits per heavy atom. The van der Waals surface area contributed by atoms with Gasteiger partial charge in [-0.25, -0.2) is 4.79 Å². The van der Waals surface area contributed by atoms with Crippen LogP contribution in [0.5, 0.6) is 0 Å². The molecular formula is C19H37N5O7. The summed E-state index contributed by atoms with van der Waals surface area (Å²) < 4.78 is 0. The summed E-state index contributed by atoms with van der Waals surface area (Å²) in [5.74, 6) is -3.94. The van der Waals surface area contributed by atoms with Crippen LogP contribution in [0.15, 0.2) is 0 Å². The molecule has 0 aliphatic carbocycles. The molecule has 10 N–H and O–H groups in total. The van der Waals surface area contributed by atoms with Gasteiger partial charge in [0.1, 0.15) is 24.2 Å². The number of amides is 3. The highest BCUT2D eigenvalue weighted by Gasteiger charge is 2.32. The molecular weight excluding hydrogens is 410 g/mol. The number of aliphatic hydroxyl groups excluding tert-OH is 2. The van der Waals surface area contributed by atoms with Crippen molar-refractivity contribution in [3.63, 3.8) is 0 Å². The van der Waals surface area contributed by atoms with Gasteiger partial charge in [-0.1, -0.05) is 20.3 Å². The average Bonchev–Trinajstić information content (AvgIpc) is 2.73. The normalized spacial score (nSPS) is 16.9. The Kier molecular flexibility index (Phi) is 13.6. The summed E-state index contributed by atoms with van der Waals surface area (Å²) in [6.07, 6.45) is 0.625. The Labute approximate surface area is 182 Å². The SMILES string of the molecule is CCC(C)C(NC(=O)C(CO)NC(=O)C(N)C(C)O)C(=O)NC(CCCCN)C(=O)O. The van der Waals surface area contributed by atoms with E-state index in [1.54, 1.807) is 13.8 Å². The highest BCUT2D eigenvalue weighted by molar-refractivity contribution is 5.94. The topological polar surface area (TPSA) is 217 Å². The lowest BCUT2D eigenvalue weighted by Gasteiger charge is -2.27. The van der Waals surface area contributed by atoms with Gasteiger partial charge in [0.15, 0.2) is 0 Å². The second-order valence-corrected chi connectivity index (χ2v) is 7.57. The van der Waals surface area contributed by atoms with Crippen molar-refractivity contribution in [2.45, 2.75) is 76.7 Å². The number of unbranched alkanes of at least 4 members (excludes halogenated alkanes) is 1. The maximum Gasteiger partial charge on any atom is 0.326 e. The fourth-order valence-electron chi connectivity index (χ4n) is 2.65. The maximum absolute atomic E-state index is 12.7. The second-order valence-electron chi connectivity index (χ2n) is 7.57. The molecule has 0 saturated carbocycles. The summed E-state index contributed by atoms with van der Waals surface area (Å²) in [6.45, 7) is 4.42. The fraction of sp³-hybridized carbons (Fsp3) is 0.789. The number of aliphatic carboxylic acids is 1. The molecule has 0 aromatic heterocycles. The second kappa shape index (κ2) is 14.7. The molecule has 0 heterocycles. The van der Waals surface area contributed by atoms with E-state index in [9.17, 15) is 34.5 Å². The zero-order valence-electron chi connectivity index (χ0n) is 18.3. The van der Waals surface area contributed by atoms with Gasteiger partial charge in [-0.2, -0.15) is 0 Å². The molecule has 0 spiro atoms. The first-order valence-corrected chi connectivity index (χ1v) is 10.4. The monoisotopic (exact) mass is 447 g/mol. The minimum atomic E-state index is -1.41. The third-order valence-corrected chi connectivity index (χ3v) is 4.99. The number of hydrogen-bond donors (Lipinski definition) is 8. The molecule has 0 saturated heterocycles. The van der Waals surface area contributed by atoms with Crippen molar-refractivity contribution >= 4 is 23.7 Å². The van der Waals surface area contributed by atoms with Crippen LogP contribution in [-0.2, 0) is 19.2 Å². The van der Waals surface area contributed by atoms with Crippen LogP contribution in [0.1, 0.15) is 46.5 Å². The summed E-state index contributed by atoms with van der Waals surface area (Å²) in [5.41, 5.74) is 10.9. The third kappa shape index (κ3) is 10.0. The van der Waals surface area contributed by atoms with Gasteiger partial charge in [-0.15, -0.1) is 0 Å². The minimum absolute atomic E-state index is 0.187. The van der Waals surface area contributed by atoms with E-state index in [0.717, 1.165) is 0 Å². The molecule has 6 unspecified atom stereocenters. The van der Waals surface area contributed by atoms with Crippen molar-refractivity contribution in [1.29, 1.82) is 0 Å². The van der Waals surface area contributed by atoms with Crippen LogP contribution >= 0.6 is 0 Å². The molecule has 0 rings (SSSR count). The zero-order valence-corrected chi connectivity index (χ0v) is 18.3. The number of nitrogens with one attached hydrogen (secondary N) is 3. The summed E-state index contributed by atoms with van der Waals surface area (Å²) in [6, 6.07) is -4.94. The minimum Gasteiger partial charge on any atom is -0.480 e. The molecule has 0 radical (unpaired) electrons. The molecule has 12 heteroatoms. The van der Waals surface area contributed by atoms with E-state index < -0.39 is 60.6 Å². The molecule has 0 aromatic rings. The molecule has 0 bridgehead atoms. The Balaban J connectivity index is 5.28. The number of carboxylic acid groups (broad SMARTS) is 1. The highest BCUT2D eigenvalue weighted by Crippen LogP contribution is 2.10. The first kappa shape index (κ1) is 28.7. The van der Waals surface area contributed by atoms with Gasteiger partial charge in [0, 0.05) is 0 Å². The van der Waals surface area contributed by atoms with Crippen LogP contribution in [0.4, 0.5) is 0 Å². The molecule has 180 valence electrons. The molecule has 0 aromatic carbocycles. The van der Waals surface area contributed by atoms with E-state index in [0.29, 0.717) is 25.8 Å². The predicted octanol–water partition coefficient (Wildman–Crippen LogP) is -2.60. The summed E-state index contributed by atoms with van der Waals surface area (Å²) in [7, 11) is 0. The Hall–Kier alpha value is -2.28. The van der Waals surface area contributed by atoms with E-state index in [-0.39, 0.29) is 12.3 Å². The standard InChI is InChI=1S/C19H37N5O7/c1-4-10(2)15(18(29)22-12(19(30)31)7-5-6-8-20)24-16(27)13(9-25)23-17(28)14(21)11(3)26/h10-15,25-26H,4-9,20-21H2,1-3H3,(H,22,29)(H,23,28)(H,24,27)(H,30,31). The molecule has 12 nitrogen and oxygen atoms in total. The van der Waals surface area contributed by atoms with Crippen LogP contribution < -0.4 is 27.4 Å². The lowest BCUT2D eigenvalue weighted by Crippen LogP contribution is -2.60. The number of aliphatic hydroxyl groups is 2. The number of carbonyl (C=O) groups excluding carboxylic acids is 3. The van der Waals surface area contributed by atoms with Crippen LogP contribution in [0.25, 0.3) is 0 Å². The summed E-state index contributed by atoms with van der Waals surface area (Å²) >= 11 is 0. The van der Waals surface area contributed by atoms with Gasteiger partial charge in [-0.05, 0) is 38.6 Å². The first-order valence-electron chi connectivity index (χ1n) is 10.4. The van der Waals surface area contributed by atoms with Gasteiger partial charge in [0.25, 0.3) is 0 Å². The van der Waals surface area contributed by atoms with E-state index in [2.05, 4.69) is 16.0 Å². The van der Waals surface area contributed by atoms with Crippen molar-refractivity contribution < 1.29 is 34.5 Å². The Bertz CT molecular complexity index is 602. The number of carbonyl (C=O) groups is 4. The Morgan fingerprint density at radius 2 is 1.52 bits per heavy atom. The van der Waals surface area contributed by atoms with Gasteiger partial charge in [-0.3, -0.25) is 14.4 Å². The van der Waals surface area contributed by atoms with E-state index in [1.807, 2.05) is 0 Å². The zero-order chi connectivity index (χ0) is 24.1. The molecule has 0 aliphatic rings. The van der Waals surface area contributed by atoms with Crippen molar-refractivity contribution in [2.75, 3.05) is 13.2 Å². The van der Waals surface area contributed by atoms with Crippen LogP contribution in [0, 0.1) is 5.92 Å². The van der Waals surface area contributed by atoms with Gasteiger partial charge in [0.05, 0.1) is 12.7 Å². The Morgan fingerprint density at radius 3 is 1.97 bits per heavy atom. The summed E-state index contributed by atoms with van der Waals surface area (Å²) in [5, 5.41) is 35.3. The van der Waals surface area contributed by atoms with Gasteiger partial charge >= 0.3 is 5.97 Å². The number of nitrogens with two attached hydrogens (primary N) is 2. The van der Waals surface area contributed by atoms with Crippen LogP contribution in [0.3, 0.4) is 0 Å². The lowest BCUT2D eigenvalue weighted by molar-refractivity contribution is -0.143. The first-order chi connectivity index (χ1) is 14.5. The molecule has 31 heavy (non-hydrogen) atoms. The van der Waals surface area contributed by atoms with Crippen LogP contribution in [-0.4, -0.2) is 82.4 Å². The summed E-state index contributed by atoms with van der Waals surface area (Å²) in [4.78, 5) is 48.7. The smallest absolute Gasteiger partial charge is 0.326 e. The molecule has 0 aliphatic heterocycles. The number of carboxylic acids is 1. The van der Waals surface area contributed by atoms with Crippen molar-refractivity contribution in [1.82, 2.24) is 16.0 Å². The molecule has 6 atom stereocenters. The molecule has 3 amide bonds. The highest BCUT2D eigenvalue weighted by atomic mass is 16.4. The van der Waals surface area contributed by atoms with Crippen LogP contribution in [0.2, 0.25) is 0 Å². The number of hydrogen-bond acceptors (Lipinski definition) is 8. The van der Waals surface area contributed by atoms with Gasteiger partial charge < -0.3 is 42.7 Å². The third-order valence-electron chi connectivity index (χ3n) is 4.99. The lowest BCUT2D eigenvalue weighted by atomic mass is 9.97. The molecule has 0 fully saturated rings. The van der Waals surface area contributed by atoms with Crippen molar-refractivity contribution in [3.05, 3.63) is 0 Å². The van der Waals surface area contributed by atoms with Crippen molar-refractivity contribution in [2.24, 2.45) is 17.4 Å². The average molecular weight is 448 g/mol.